The third-order valence-corrected chi connectivity index (χ3v) is 6.44. The maximum Gasteiger partial charge on any atom is 0.221 e. The fourth-order valence-corrected chi connectivity index (χ4v) is 4.13. The van der Waals surface area contributed by atoms with E-state index in [2.05, 4.69) is 4.98 Å². The second kappa shape index (κ2) is 10.4. The van der Waals surface area contributed by atoms with E-state index in [0.717, 1.165) is 28.0 Å². The fourth-order valence-electron chi connectivity index (χ4n) is 2.72. The molecule has 0 spiro atoms. The average molecular weight is 444 g/mol. The van der Waals surface area contributed by atoms with Gasteiger partial charge in [-0.15, -0.1) is 11.3 Å². The number of carbonyl (C=O) groups is 1. The molecular formula is C20H30FN3O3S2. The maximum atomic E-state index is 13.5. The number of primary amides is 1. The molecule has 0 aliphatic carbocycles. The Bertz CT molecular complexity index is 845. The first kappa shape index (κ1) is 25.4. The topological polar surface area (TPSA) is 119 Å². The van der Waals surface area contributed by atoms with Gasteiger partial charge < -0.3 is 10.8 Å². The van der Waals surface area contributed by atoms with E-state index in [1.807, 2.05) is 27.7 Å². The molecule has 0 aliphatic rings. The van der Waals surface area contributed by atoms with Crippen molar-refractivity contribution in [3.05, 3.63) is 45.7 Å². The third kappa shape index (κ3) is 7.58. The van der Waals surface area contributed by atoms with E-state index in [-0.39, 0.29) is 30.0 Å². The van der Waals surface area contributed by atoms with E-state index in [4.69, 9.17) is 10.9 Å². The summed E-state index contributed by atoms with van der Waals surface area (Å²) in [7, 11) is -1.55. The summed E-state index contributed by atoms with van der Waals surface area (Å²) in [5, 5.41) is 14.6. The highest BCUT2D eigenvalue weighted by Gasteiger charge is 2.20. The molecule has 29 heavy (non-hydrogen) atoms. The van der Waals surface area contributed by atoms with Gasteiger partial charge in [0, 0.05) is 6.20 Å². The van der Waals surface area contributed by atoms with E-state index < -0.39 is 16.6 Å². The standard InChI is InChI=1S/C14H20FNO.C6H10N2O2S2/c1-8(2)11-5-10(15)6-12(9(3)4)13(11)7-14(16)17;1-6(2,9)4-3-8-5(11-4)12(7)10/h5-6,8-9H,7H2,1-4H3,(H2,16,17);3,9H,7H2,1-2H3/t;12-/m.0/s1. The van der Waals surface area contributed by atoms with Crippen molar-refractivity contribution in [1.82, 2.24) is 4.98 Å². The third-order valence-electron chi connectivity index (χ3n) is 4.14. The van der Waals surface area contributed by atoms with Gasteiger partial charge >= 0.3 is 0 Å². The molecule has 1 aromatic heterocycles. The van der Waals surface area contributed by atoms with Gasteiger partial charge in [-0.1, -0.05) is 27.7 Å². The Morgan fingerprint density at radius 2 is 1.72 bits per heavy atom. The van der Waals surface area contributed by atoms with Crippen molar-refractivity contribution in [2.24, 2.45) is 10.9 Å². The zero-order valence-corrected chi connectivity index (χ0v) is 19.3. The highest BCUT2D eigenvalue weighted by molar-refractivity contribution is 7.84. The summed E-state index contributed by atoms with van der Waals surface area (Å²) in [5.41, 5.74) is 6.99. The number of nitrogens with zero attached hydrogens (tertiary/aromatic N) is 1. The SMILES string of the molecule is CC(C)(O)c1cnc([S@@](N)=O)s1.CC(C)c1cc(F)cc(C(C)C)c1CC(N)=O. The summed E-state index contributed by atoms with van der Waals surface area (Å²) in [6.07, 6.45) is 1.67. The number of carbonyl (C=O) groups excluding carboxylic acids is 1. The van der Waals surface area contributed by atoms with Crippen LogP contribution in [0.3, 0.4) is 0 Å². The van der Waals surface area contributed by atoms with E-state index in [1.165, 1.54) is 18.3 Å². The number of rotatable bonds is 6. The number of benzene rings is 1. The summed E-state index contributed by atoms with van der Waals surface area (Å²) < 4.78 is 24.6. The van der Waals surface area contributed by atoms with Crippen molar-refractivity contribution in [1.29, 1.82) is 0 Å². The number of nitrogens with two attached hydrogens (primary N) is 2. The van der Waals surface area contributed by atoms with Crippen LogP contribution in [0.25, 0.3) is 0 Å². The predicted molar refractivity (Wildman–Crippen MR) is 115 cm³/mol. The summed E-state index contributed by atoms with van der Waals surface area (Å²) in [4.78, 5) is 15.6. The maximum absolute atomic E-state index is 13.5. The van der Waals surface area contributed by atoms with Crippen LogP contribution in [0.15, 0.2) is 22.7 Å². The number of thiazole rings is 1. The van der Waals surface area contributed by atoms with Crippen molar-refractivity contribution in [2.75, 3.05) is 0 Å². The van der Waals surface area contributed by atoms with Gasteiger partial charge in [0.1, 0.15) is 5.82 Å². The van der Waals surface area contributed by atoms with Crippen molar-refractivity contribution in [3.63, 3.8) is 0 Å². The lowest BCUT2D eigenvalue weighted by Crippen LogP contribution is -2.17. The van der Waals surface area contributed by atoms with Crippen molar-refractivity contribution in [3.8, 4) is 0 Å². The Balaban J connectivity index is 0.000000308. The normalized spacial score (nSPS) is 12.7. The molecule has 2 rings (SSSR count). The van der Waals surface area contributed by atoms with Gasteiger partial charge in [-0.25, -0.2) is 18.7 Å². The molecule has 5 N–H and O–H groups in total. The van der Waals surface area contributed by atoms with Crippen LogP contribution < -0.4 is 10.9 Å². The molecule has 1 heterocycles. The minimum Gasteiger partial charge on any atom is -0.385 e. The monoisotopic (exact) mass is 443 g/mol. The lowest BCUT2D eigenvalue weighted by atomic mass is 9.87. The number of halogens is 1. The highest BCUT2D eigenvalue weighted by atomic mass is 32.2. The molecule has 2 aromatic rings. The van der Waals surface area contributed by atoms with Gasteiger partial charge in [-0.2, -0.15) is 0 Å². The second-order valence-electron chi connectivity index (χ2n) is 7.86. The summed E-state index contributed by atoms with van der Waals surface area (Å²) in [6.45, 7) is 11.2. The molecular weight excluding hydrogens is 413 g/mol. The molecule has 0 radical (unpaired) electrons. The molecule has 0 bridgehead atoms. The van der Waals surface area contributed by atoms with Crippen LogP contribution in [0.5, 0.6) is 0 Å². The van der Waals surface area contributed by atoms with Crippen molar-refractivity contribution in [2.45, 2.75) is 69.7 Å². The number of amides is 1. The largest absolute Gasteiger partial charge is 0.385 e. The van der Waals surface area contributed by atoms with Crippen LogP contribution in [0.4, 0.5) is 4.39 Å². The number of hydrogen-bond donors (Lipinski definition) is 3. The van der Waals surface area contributed by atoms with Crippen LogP contribution >= 0.6 is 11.3 Å². The zero-order valence-electron chi connectivity index (χ0n) is 17.7. The Morgan fingerprint density at radius 1 is 1.24 bits per heavy atom. The Kier molecular flexibility index (Phi) is 9.08. The van der Waals surface area contributed by atoms with Crippen LogP contribution in [0.2, 0.25) is 0 Å². The molecule has 0 fully saturated rings. The molecule has 0 unspecified atom stereocenters. The van der Waals surface area contributed by atoms with Crippen LogP contribution in [-0.2, 0) is 27.8 Å². The van der Waals surface area contributed by atoms with Gasteiger partial charge in [0.05, 0.1) is 16.9 Å². The van der Waals surface area contributed by atoms with E-state index in [0.29, 0.717) is 9.22 Å². The number of aliphatic hydroxyl groups is 1. The van der Waals surface area contributed by atoms with E-state index >= 15 is 0 Å². The molecule has 0 aliphatic heterocycles. The molecule has 1 aromatic carbocycles. The first-order chi connectivity index (χ1) is 13.2. The van der Waals surface area contributed by atoms with Gasteiger partial charge in [0.15, 0.2) is 15.3 Å². The van der Waals surface area contributed by atoms with Gasteiger partial charge in [0.2, 0.25) is 5.91 Å². The van der Waals surface area contributed by atoms with Crippen molar-refractivity contribution >= 4 is 28.2 Å². The average Bonchev–Trinajstić information content (AvgIpc) is 3.06. The molecule has 162 valence electrons. The fraction of sp³-hybridized carbons (Fsp3) is 0.500. The smallest absolute Gasteiger partial charge is 0.221 e. The minimum absolute atomic E-state index is 0.178. The first-order valence-corrected chi connectivity index (χ1v) is 11.2. The van der Waals surface area contributed by atoms with E-state index in [1.54, 1.807) is 13.8 Å². The van der Waals surface area contributed by atoms with Crippen LogP contribution in [-0.4, -0.2) is 20.2 Å². The minimum atomic E-state index is -1.55. The van der Waals surface area contributed by atoms with Crippen LogP contribution in [0.1, 0.15) is 74.9 Å². The van der Waals surface area contributed by atoms with Gasteiger partial charge in [-0.05, 0) is 54.5 Å². The molecule has 1 amide bonds. The first-order valence-electron chi connectivity index (χ1n) is 9.19. The Hall–Kier alpha value is -1.68. The molecule has 0 saturated heterocycles. The highest BCUT2D eigenvalue weighted by Crippen LogP contribution is 2.29. The number of aromatic nitrogens is 1. The summed E-state index contributed by atoms with van der Waals surface area (Å²) in [6, 6.07) is 3.02. The summed E-state index contributed by atoms with van der Waals surface area (Å²) in [5.74, 6) is -0.263. The molecule has 0 saturated carbocycles. The molecule has 9 heteroatoms. The van der Waals surface area contributed by atoms with Crippen molar-refractivity contribution < 1.29 is 18.5 Å². The van der Waals surface area contributed by atoms with Gasteiger partial charge in [0.25, 0.3) is 0 Å². The lowest BCUT2D eigenvalue weighted by molar-refractivity contribution is -0.117. The summed E-state index contributed by atoms with van der Waals surface area (Å²) >= 11 is 1.16. The molecule has 1 atom stereocenters. The molecule has 6 nitrogen and oxygen atoms in total. The second-order valence-corrected chi connectivity index (χ2v) is 10.1. The quantitative estimate of drug-likeness (QED) is 0.633. The van der Waals surface area contributed by atoms with Crippen LogP contribution in [0, 0.1) is 5.82 Å². The lowest BCUT2D eigenvalue weighted by Gasteiger charge is -2.19. The predicted octanol–water partition coefficient (Wildman–Crippen LogP) is 3.45. The number of hydrogen-bond acceptors (Lipinski definition) is 5. The Morgan fingerprint density at radius 3 is 2.00 bits per heavy atom. The zero-order chi connectivity index (χ0) is 22.5. The Labute approximate surface area is 178 Å². The van der Waals surface area contributed by atoms with Gasteiger partial charge in [-0.3, -0.25) is 4.79 Å². The van der Waals surface area contributed by atoms with E-state index in [9.17, 15) is 18.5 Å².